The fourth-order valence-electron chi connectivity index (χ4n) is 2.13. The molecule has 1 amide bonds. The average Bonchev–Trinajstić information content (AvgIpc) is 2.38. The van der Waals surface area contributed by atoms with E-state index in [1.807, 2.05) is 4.90 Å². The number of nitrogens with zero attached hydrogens (tertiary/aromatic N) is 3. The van der Waals surface area contributed by atoms with Gasteiger partial charge >= 0.3 is 0 Å². The second kappa shape index (κ2) is 5.31. The molecule has 1 aliphatic heterocycles. The van der Waals surface area contributed by atoms with Crippen molar-refractivity contribution in [3.8, 4) is 0 Å². The van der Waals surface area contributed by atoms with Crippen LogP contribution in [0.3, 0.4) is 0 Å². The lowest BCUT2D eigenvalue weighted by molar-refractivity contribution is -0.122. The van der Waals surface area contributed by atoms with Gasteiger partial charge in [-0.3, -0.25) is 4.79 Å². The van der Waals surface area contributed by atoms with E-state index in [4.69, 9.17) is 11.6 Å². The molecule has 1 atom stereocenters. The Hall–Kier alpha value is -1.36. The minimum absolute atomic E-state index is 0.0273. The SMILES string of the molecule is CNC(=O)C1CCCCN1c1ccnc(Cl)n1. The molecule has 1 N–H and O–H groups in total. The van der Waals surface area contributed by atoms with Gasteiger partial charge in [0.15, 0.2) is 0 Å². The number of hydrogen-bond acceptors (Lipinski definition) is 4. The van der Waals surface area contributed by atoms with E-state index in [0.29, 0.717) is 0 Å². The Morgan fingerprint density at radius 1 is 1.59 bits per heavy atom. The highest BCUT2D eigenvalue weighted by Gasteiger charge is 2.28. The molecule has 1 fully saturated rings. The second-order valence-corrected chi connectivity index (χ2v) is 4.34. The maximum Gasteiger partial charge on any atom is 0.242 e. The first-order valence-corrected chi connectivity index (χ1v) is 6.07. The van der Waals surface area contributed by atoms with Gasteiger partial charge in [0.05, 0.1) is 0 Å². The molecule has 0 spiro atoms. The van der Waals surface area contributed by atoms with Gasteiger partial charge in [0.1, 0.15) is 11.9 Å². The van der Waals surface area contributed by atoms with E-state index in [-0.39, 0.29) is 17.2 Å². The Morgan fingerprint density at radius 2 is 2.41 bits per heavy atom. The van der Waals surface area contributed by atoms with Crippen LogP contribution in [0, 0.1) is 0 Å². The Bertz CT molecular complexity index is 412. The summed E-state index contributed by atoms with van der Waals surface area (Å²) in [7, 11) is 1.65. The van der Waals surface area contributed by atoms with E-state index in [0.717, 1.165) is 31.6 Å². The zero-order chi connectivity index (χ0) is 12.3. The highest BCUT2D eigenvalue weighted by atomic mass is 35.5. The number of carbonyl (C=O) groups excluding carboxylic acids is 1. The van der Waals surface area contributed by atoms with Gasteiger partial charge < -0.3 is 10.2 Å². The van der Waals surface area contributed by atoms with E-state index in [1.54, 1.807) is 19.3 Å². The summed E-state index contributed by atoms with van der Waals surface area (Å²) < 4.78 is 0. The standard InChI is InChI=1S/C11H15ClN4O/c1-13-10(17)8-4-2-3-7-16(8)9-5-6-14-11(12)15-9/h5-6,8H,2-4,7H2,1H3,(H,13,17). The summed E-state index contributed by atoms with van der Waals surface area (Å²) >= 11 is 5.78. The third kappa shape index (κ3) is 2.66. The van der Waals surface area contributed by atoms with Gasteiger partial charge in [-0.05, 0) is 36.9 Å². The van der Waals surface area contributed by atoms with Crippen molar-refractivity contribution < 1.29 is 4.79 Å². The highest BCUT2D eigenvalue weighted by molar-refractivity contribution is 6.28. The number of anilines is 1. The topological polar surface area (TPSA) is 58.1 Å². The summed E-state index contributed by atoms with van der Waals surface area (Å²) in [6.07, 6.45) is 4.59. The largest absolute Gasteiger partial charge is 0.357 e. The summed E-state index contributed by atoms with van der Waals surface area (Å²) in [6.45, 7) is 0.825. The van der Waals surface area contributed by atoms with Crippen molar-refractivity contribution in [3.05, 3.63) is 17.5 Å². The number of amides is 1. The summed E-state index contributed by atoms with van der Waals surface area (Å²) in [4.78, 5) is 21.8. The predicted molar refractivity (Wildman–Crippen MR) is 66.1 cm³/mol. The number of hydrogen-bond donors (Lipinski definition) is 1. The van der Waals surface area contributed by atoms with Crippen LogP contribution in [0.1, 0.15) is 19.3 Å². The molecule has 0 aliphatic carbocycles. The lowest BCUT2D eigenvalue weighted by atomic mass is 10.0. The molecular weight excluding hydrogens is 240 g/mol. The molecule has 0 bridgehead atoms. The summed E-state index contributed by atoms with van der Waals surface area (Å²) in [5.41, 5.74) is 0. The molecule has 1 aromatic rings. The van der Waals surface area contributed by atoms with Crippen molar-refractivity contribution in [1.82, 2.24) is 15.3 Å². The molecule has 2 heterocycles. The van der Waals surface area contributed by atoms with Crippen LogP contribution >= 0.6 is 11.6 Å². The minimum atomic E-state index is -0.153. The average molecular weight is 255 g/mol. The van der Waals surface area contributed by atoms with Gasteiger partial charge in [0, 0.05) is 19.8 Å². The highest BCUT2D eigenvalue weighted by Crippen LogP contribution is 2.23. The molecule has 1 aliphatic rings. The molecule has 0 radical (unpaired) electrons. The summed E-state index contributed by atoms with van der Waals surface area (Å²) in [6, 6.07) is 1.63. The number of rotatable bonds is 2. The quantitative estimate of drug-likeness (QED) is 0.807. The van der Waals surface area contributed by atoms with Gasteiger partial charge in [-0.1, -0.05) is 0 Å². The Labute approximate surface area is 105 Å². The van der Waals surface area contributed by atoms with E-state index >= 15 is 0 Å². The predicted octanol–water partition coefficient (Wildman–Crippen LogP) is 1.23. The van der Waals surface area contributed by atoms with Crippen LogP contribution in [-0.4, -0.2) is 35.5 Å². The van der Waals surface area contributed by atoms with Crippen molar-refractivity contribution >= 4 is 23.3 Å². The molecule has 0 aromatic carbocycles. The molecular formula is C11H15ClN4O. The van der Waals surface area contributed by atoms with Crippen LogP contribution < -0.4 is 10.2 Å². The van der Waals surface area contributed by atoms with Crippen LogP contribution in [0.5, 0.6) is 0 Å². The second-order valence-electron chi connectivity index (χ2n) is 4.00. The smallest absolute Gasteiger partial charge is 0.242 e. The molecule has 1 saturated heterocycles. The molecule has 5 nitrogen and oxygen atoms in total. The van der Waals surface area contributed by atoms with Crippen molar-refractivity contribution in [1.29, 1.82) is 0 Å². The Morgan fingerprint density at radius 3 is 3.12 bits per heavy atom. The molecule has 0 saturated carbocycles. The molecule has 17 heavy (non-hydrogen) atoms. The van der Waals surface area contributed by atoms with Gasteiger partial charge in [-0.25, -0.2) is 9.97 Å². The first-order valence-electron chi connectivity index (χ1n) is 5.69. The summed E-state index contributed by atoms with van der Waals surface area (Å²) in [5, 5.41) is 2.90. The molecule has 1 aromatic heterocycles. The van der Waals surface area contributed by atoms with Gasteiger partial charge in [-0.15, -0.1) is 0 Å². The van der Waals surface area contributed by atoms with Crippen molar-refractivity contribution in [2.75, 3.05) is 18.5 Å². The molecule has 1 unspecified atom stereocenters. The molecule has 92 valence electrons. The van der Waals surface area contributed by atoms with E-state index in [2.05, 4.69) is 15.3 Å². The lowest BCUT2D eigenvalue weighted by Gasteiger charge is -2.35. The van der Waals surface area contributed by atoms with Gasteiger partial charge in [0.25, 0.3) is 0 Å². The van der Waals surface area contributed by atoms with Gasteiger partial charge in [0.2, 0.25) is 11.2 Å². The van der Waals surface area contributed by atoms with E-state index in [1.165, 1.54) is 0 Å². The molecule has 6 heteroatoms. The number of nitrogens with one attached hydrogen (secondary N) is 1. The number of halogens is 1. The van der Waals surface area contributed by atoms with Crippen LogP contribution in [-0.2, 0) is 4.79 Å². The maximum absolute atomic E-state index is 11.8. The van der Waals surface area contributed by atoms with E-state index in [9.17, 15) is 4.79 Å². The van der Waals surface area contributed by atoms with Crippen LogP contribution in [0.25, 0.3) is 0 Å². The fourth-order valence-corrected chi connectivity index (χ4v) is 2.27. The number of piperidine rings is 1. The van der Waals surface area contributed by atoms with Crippen LogP contribution in [0.15, 0.2) is 12.3 Å². The Kier molecular flexibility index (Phi) is 3.78. The molecule has 2 rings (SSSR count). The number of carbonyl (C=O) groups is 1. The third-order valence-electron chi connectivity index (χ3n) is 2.96. The Balaban J connectivity index is 2.24. The van der Waals surface area contributed by atoms with Crippen molar-refractivity contribution in [2.24, 2.45) is 0 Å². The van der Waals surface area contributed by atoms with Gasteiger partial charge in [-0.2, -0.15) is 0 Å². The fraction of sp³-hybridized carbons (Fsp3) is 0.545. The third-order valence-corrected chi connectivity index (χ3v) is 3.14. The van der Waals surface area contributed by atoms with Crippen LogP contribution in [0.4, 0.5) is 5.82 Å². The van der Waals surface area contributed by atoms with Crippen LogP contribution in [0.2, 0.25) is 5.28 Å². The van der Waals surface area contributed by atoms with E-state index < -0.39 is 0 Å². The zero-order valence-electron chi connectivity index (χ0n) is 9.69. The number of aromatic nitrogens is 2. The summed E-state index contributed by atoms with van der Waals surface area (Å²) in [5.74, 6) is 0.748. The zero-order valence-corrected chi connectivity index (χ0v) is 10.4. The maximum atomic E-state index is 11.8. The lowest BCUT2D eigenvalue weighted by Crippen LogP contribution is -2.49. The minimum Gasteiger partial charge on any atom is -0.357 e. The van der Waals surface area contributed by atoms with Crippen molar-refractivity contribution in [3.63, 3.8) is 0 Å². The van der Waals surface area contributed by atoms with Crippen molar-refractivity contribution in [2.45, 2.75) is 25.3 Å². The first-order chi connectivity index (χ1) is 8.22. The normalized spacial score (nSPS) is 20.1. The monoisotopic (exact) mass is 254 g/mol. The number of likely N-dealkylation sites (N-methyl/N-ethyl adjacent to an activating group) is 1. The first kappa shape index (κ1) is 12.1.